The predicted molar refractivity (Wildman–Crippen MR) is 95.8 cm³/mol. The van der Waals surface area contributed by atoms with E-state index in [0.29, 0.717) is 18.5 Å². The van der Waals surface area contributed by atoms with Crippen molar-refractivity contribution in [1.29, 1.82) is 0 Å². The quantitative estimate of drug-likeness (QED) is 0.449. The summed E-state index contributed by atoms with van der Waals surface area (Å²) in [5, 5.41) is 0. The summed E-state index contributed by atoms with van der Waals surface area (Å²) in [7, 11) is 3.63. The Hall–Kier alpha value is -1.18. The molecule has 21 heavy (non-hydrogen) atoms. The molecule has 0 heterocycles. The van der Waals surface area contributed by atoms with Gasteiger partial charge in [0.1, 0.15) is 17.6 Å². The van der Waals surface area contributed by atoms with Crippen LogP contribution in [0.2, 0.25) is 0 Å². The van der Waals surface area contributed by atoms with Crippen molar-refractivity contribution in [3.05, 3.63) is 24.3 Å². The molecule has 118 valence electrons. The van der Waals surface area contributed by atoms with Crippen LogP contribution in [0.15, 0.2) is 29.3 Å². The summed E-state index contributed by atoms with van der Waals surface area (Å²) in [6.07, 6.45) is 2.39. The molecule has 1 unspecified atom stereocenters. The zero-order valence-corrected chi connectivity index (χ0v) is 15.1. The number of aliphatic imine (C=N–C) groups is 1. The van der Waals surface area contributed by atoms with Crippen LogP contribution >= 0.6 is 24.0 Å². The third kappa shape index (κ3) is 5.61. The normalized spacial score (nSPS) is 15.9. The molecule has 0 aliphatic heterocycles. The Labute approximate surface area is 143 Å². The fourth-order valence-electron chi connectivity index (χ4n) is 1.93. The van der Waals surface area contributed by atoms with Gasteiger partial charge in [0.25, 0.3) is 0 Å². The minimum atomic E-state index is -0.0340. The number of nitrogens with zero attached hydrogens (tertiary/aromatic N) is 2. The molecule has 0 saturated heterocycles. The van der Waals surface area contributed by atoms with E-state index in [9.17, 15) is 0 Å². The van der Waals surface area contributed by atoms with E-state index in [1.54, 1.807) is 7.11 Å². The molecule has 0 radical (unpaired) electrons. The first-order valence-corrected chi connectivity index (χ1v) is 6.93. The second-order valence-electron chi connectivity index (χ2n) is 5.15. The Morgan fingerprint density at radius 2 is 2.10 bits per heavy atom. The molecular formula is C15H24IN3O2. The zero-order chi connectivity index (χ0) is 14.5. The summed E-state index contributed by atoms with van der Waals surface area (Å²) in [6.45, 7) is 2.52. The molecule has 1 aromatic rings. The largest absolute Gasteiger partial charge is 0.497 e. The maximum absolute atomic E-state index is 5.95. The van der Waals surface area contributed by atoms with Crippen LogP contribution in [0.5, 0.6) is 11.5 Å². The Morgan fingerprint density at radius 1 is 1.43 bits per heavy atom. The number of nitrogens with two attached hydrogens (primary N) is 1. The number of methoxy groups -OCH3 is 1. The highest BCUT2D eigenvalue weighted by atomic mass is 127. The highest BCUT2D eigenvalue weighted by Crippen LogP contribution is 2.25. The average Bonchev–Trinajstić information content (AvgIpc) is 3.28. The lowest BCUT2D eigenvalue weighted by molar-refractivity contribution is 0.229. The highest BCUT2D eigenvalue weighted by molar-refractivity contribution is 14.0. The lowest BCUT2D eigenvalue weighted by Crippen LogP contribution is -2.36. The number of guanidine groups is 1. The maximum Gasteiger partial charge on any atom is 0.191 e. The van der Waals surface area contributed by atoms with Gasteiger partial charge in [0.2, 0.25) is 0 Å². The molecule has 2 N–H and O–H groups in total. The molecular weight excluding hydrogens is 381 g/mol. The second-order valence-corrected chi connectivity index (χ2v) is 5.15. The lowest BCUT2D eigenvalue weighted by Gasteiger charge is -2.18. The molecule has 2 rings (SSSR count). The first kappa shape index (κ1) is 17.9. The number of benzene rings is 1. The van der Waals surface area contributed by atoms with Crippen molar-refractivity contribution < 1.29 is 9.47 Å². The average molecular weight is 405 g/mol. The lowest BCUT2D eigenvalue weighted by atomic mass is 10.3. The van der Waals surface area contributed by atoms with Gasteiger partial charge in [-0.25, -0.2) is 4.99 Å². The molecule has 0 spiro atoms. The van der Waals surface area contributed by atoms with Gasteiger partial charge in [0, 0.05) is 19.2 Å². The third-order valence-corrected chi connectivity index (χ3v) is 3.34. The molecule has 6 heteroatoms. The summed E-state index contributed by atoms with van der Waals surface area (Å²) >= 11 is 0. The van der Waals surface area contributed by atoms with Crippen LogP contribution in [-0.4, -0.2) is 43.7 Å². The maximum atomic E-state index is 5.95. The van der Waals surface area contributed by atoms with Crippen LogP contribution in [-0.2, 0) is 0 Å². The van der Waals surface area contributed by atoms with Crippen LogP contribution < -0.4 is 15.2 Å². The molecule has 1 aliphatic rings. The van der Waals surface area contributed by atoms with E-state index in [1.165, 1.54) is 12.8 Å². The van der Waals surface area contributed by atoms with Gasteiger partial charge >= 0.3 is 0 Å². The van der Waals surface area contributed by atoms with E-state index >= 15 is 0 Å². The monoisotopic (exact) mass is 405 g/mol. The standard InChI is InChI=1S/C15H23N3O2.HI/c1-11(10-17-15(16)18(2)12-7-8-12)20-14-6-4-5-13(9-14)19-3;/h4-6,9,11-12H,7-8,10H2,1-3H3,(H2,16,17);1H. The van der Waals surface area contributed by atoms with Crippen molar-refractivity contribution >= 4 is 29.9 Å². The molecule has 1 atom stereocenters. The minimum Gasteiger partial charge on any atom is -0.497 e. The van der Waals surface area contributed by atoms with E-state index in [4.69, 9.17) is 15.2 Å². The van der Waals surface area contributed by atoms with Gasteiger partial charge < -0.3 is 20.1 Å². The van der Waals surface area contributed by atoms with Gasteiger partial charge in [-0.1, -0.05) is 6.07 Å². The number of halogens is 1. The van der Waals surface area contributed by atoms with E-state index < -0.39 is 0 Å². The molecule has 0 aromatic heterocycles. The van der Waals surface area contributed by atoms with Gasteiger partial charge in [-0.15, -0.1) is 24.0 Å². The zero-order valence-electron chi connectivity index (χ0n) is 12.8. The second kappa shape index (κ2) is 8.31. The first-order chi connectivity index (χ1) is 9.60. The fraction of sp³-hybridized carbons (Fsp3) is 0.533. The molecule has 1 aromatic carbocycles. The smallest absolute Gasteiger partial charge is 0.191 e. The Kier molecular flexibility index (Phi) is 7.07. The fourth-order valence-corrected chi connectivity index (χ4v) is 1.93. The summed E-state index contributed by atoms with van der Waals surface area (Å²) in [5.74, 6) is 2.15. The minimum absolute atomic E-state index is 0. The number of hydrogen-bond acceptors (Lipinski definition) is 3. The van der Waals surface area contributed by atoms with Crippen molar-refractivity contribution in [3.8, 4) is 11.5 Å². The number of hydrogen-bond donors (Lipinski definition) is 1. The van der Waals surface area contributed by atoms with Gasteiger partial charge in [0.15, 0.2) is 5.96 Å². The Morgan fingerprint density at radius 3 is 2.71 bits per heavy atom. The first-order valence-electron chi connectivity index (χ1n) is 6.93. The van der Waals surface area contributed by atoms with E-state index in [2.05, 4.69) is 4.99 Å². The summed E-state index contributed by atoms with van der Waals surface area (Å²) in [6, 6.07) is 8.13. The topological polar surface area (TPSA) is 60.1 Å². The van der Waals surface area contributed by atoms with E-state index in [1.807, 2.05) is 43.1 Å². The van der Waals surface area contributed by atoms with Crippen molar-refractivity contribution in [2.45, 2.75) is 31.9 Å². The molecule has 5 nitrogen and oxygen atoms in total. The molecule has 0 amide bonds. The van der Waals surface area contributed by atoms with Crippen LogP contribution in [0.4, 0.5) is 0 Å². The molecule has 1 aliphatic carbocycles. The summed E-state index contributed by atoms with van der Waals surface area (Å²) < 4.78 is 11.0. The van der Waals surface area contributed by atoms with Crippen molar-refractivity contribution in [2.75, 3.05) is 20.7 Å². The molecule has 1 fully saturated rings. The summed E-state index contributed by atoms with van der Waals surface area (Å²) in [4.78, 5) is 6.43. The SMILES string of the molecule is COc1cccc(OC(C)CN=C(N)N(C)C2CC2)c1.I. The summed E-state index contributed by atoms with van der Waals surface area (Å²) in [5.41, 5.74) is 5.95. The van der Waals surface area contributed by atoms with Crippen molar-refractivity contribution in [1.82, 2.24) is 4.90 Å². The van der Waals surface area contributed by atoms with Gasteiger partial charge in [-0.3, -0.25) is 0 Å². The third-order valence-electron chi connectivity index (χ3n) is 3.34. The van der Waals surface area contributed by atoms with Crippen LogP contribution in [0.1, 0.15) is 19.8 Å². The molecule has 1 saturated carbocycles. The van der Waals surface area contributed by atoms with Crippen LogP contribution in [0, 0.1) is 0 Å². The van der Waals surface area contributed by atoms with Crippen molar-refractivity contribution in [2.24, 2.45) is 10.7 Å². The van der Waals surface area contributed by atoms with Crippen LogP contribution in [0.3, 0.4) is 0 Å². The molecule has 0 bridgehead atoms. The van der Waals surface area contributed by atoms with E-state index in [-0.39, 0.29) is 30.1 Å². The Balaban J connectivity index is 0.00000220. The van der Waals surface area contributed by atoms with E-state index in [0.717, 1.165) is 11.5 Å². The van der Waals surface area contributed by atoms with Crippen LogP contribution in [0.25, 0.3) is 0 Å². The highest BCUT2D eigenvalue weighted by Gasteiger charge is 2.27. The number of ether oxygens (including phenoxy) is 2. The van der Waals surface area contributed by atoms with Crippen molar-refractivity contribution in [3.63, 3.8) is 0 Å². The number of rotatable bonds is 6. The Bertz CT molecular complexity index is 478. The van der Waals surface area contributed by atoms with Gasteiger partial charge in [0.05, 0.1) is 13.7 Å². The van der Waals surface area contributed by atoms with Gasteiger partial charge in [-0.05, 0) is 31.9 Å². The predicted octanol–water partition coefficient (Wildman–Crippen LogP) is 2.49. The van der Waals surface area contributed by atoms with Gasteiger partial charge in [-0.2, -0.15) is 0 Å².